The molecule has 2 aromatic carbocycles. The minimum Gasteiger partial charge on any atom is -0.488 e. The van der Waals surface area contributed by atoms with Crippen LogP contribution in [0.3, 0.4) is 0 Å². The molecule has 1 fully saturated rings. The quantitative estimate of drug-likeness (QED) is 0.186. The number of anilines is 4. The van der Waals surface area contributed by atoms with Gasteiger partial charge in [0.15, 0.2) is 15.6 Å². The largest absolute Gasteiger partial charge is 0.488 e. The maximum absolute atomic E-state index is 13.1. The molecule has 5 rings (SSSR count). The van der Waals surface area contributed by atoms with Gasteiger partial charge in [-0.25, -0.2) is 13.4 Å². The minimum atomic E-state index is -3.53. The molecule has 44 heavy (non-hydrogen) atoms. The molecule has 12 heteroatoms. The van der Waals surface area contributed by atoms with Gasteiger partial charge in [-0.05, 0) is 108 Å². The van der Waals surface area contributed by atoms with E-state index in [4.69, 9.17) is 15.5 Å². The van der Waals surface area contributed by atoms with Crippen molar-refractivity contribution in [2.45, 2.75) is 69.6 Å². The van der Waals surface area contributed by atoms with Gasteiger partial charge in [-0.3, -0.25) is 20.0 Å². The van der Waals surface area contributed by atoms with Crippen LogP contribution in [-0.4, -0.2) is 60.2 Å². The highest BCUT2D eigenvalue weighted by atomic mass is 32.2. The first-order chi connectivity index (χ1) is 20.9. The summed E-state index contributed by atoms with van der Waals surface area (Å²) in [5.41, 5.74) is 9.70. The van der Waals surface area contributed by atoms with E-state index < -0.39 is 15.1 Å². The van der Waals surface area contributed by atoms with Gasteiger partial charge in [0.1, 0.15) is 5.69 Å². The van der Waals surface area contributed by atoms with Gasteiger partial charge in [0, 0.05) is 6.20 Å². The van der Waals surface area contributed by atoms with Crippen molar-refractivity contribution in [1.29, 1.82) is 0 Å². The number of para-hydroxylation sites is 1. The third-order valence-electron chi connectivity index (χ3n) is 7.93. The topological polar surface area (TPSA) is 157 Å². The Morgan fingerprint density at radius 2 is 1.84 bits per heavy atom. The zero-order valence-electron chi connectivity index (χ0n) is 25.9. The number of carbonyl (C=O) groups is 1. The lowest BCUT2D eigenvalue weighted by Gasteiger charge is -2.32. The molecule has 4 aromatic rings. The normalized spacial score (nSPS) is 14.8. The van der Waals surface area contributed by atoms with Crippen LogP contribution in [0.4, 0.5) is 23.1 Å². The Labute approximate surface area is 258 Å². The molecule has 234 valence electrons. The smallest absolute Gasteiger partial charge is 0.351 e. The van der Waals surface area contributed by atoms with Gasteiger partial charge in [0.2, 0.25) is 17.4 Å². The molecule has 2 aromatic heterocycles. The summed E-state index contributed by atoms with van der Waals surface area (Å²) < 4.78 is 32.5. The van der Waals surface area contributed by atoms with Crippen LogP contribution in [0.2, 0.25) is 0 Å². The third-order valence-corrected chi connectivity index (χ3v) is 10.1. The highest BCUT2D eigenvalue weighted by Gasteiger charge is 2.27. The van der Waals surface area contributed by atoms with Gasteiger partial charge in [-0.2, -0.15) is 0 Å². The summed E-state index contributed by atoms with van der Waals surface area (Å²) in [5.74, 6) is 1.71. The van der Waals surface area contributed by atoms with Gasteiger partial charge in [0.25, 0.3) is 0 Å². The molecule has 0 spiro atoms. The van der Waals surface area contributed by atoms with E-state index in [0.29, 0.717) is 35.7 Å². The molecule has 0 radical (unpaired) electrons. The van der Waals surface area contributed by atoms with Crippen LogP contribution < -0.4 is 26.1 Å². The number of nitrogens with two attached hydrogens (primary N) is 1. The molecule has 0 aliphatic carbocycles. The maximum Gasteiger partial charge on any atom is 0.351 e. The number of primary amides is 1. The number of hydrogen-bond donors (Lipinski definition) is 4. The average molecular weight is 621 g/mol. The van der Waals surface area contributed by atoms with E-state index in [0.717, 1.165) is 48.2 Å². The van der Waals surface area contributed by atoms with Crippen LogP contribution >= 0.6 is 0 Å². The molecule has 0 unspecified atom stereocenters. The first kappa shape index (κ1) is 31.3. The molecule has 1 saturated heterocycles. The van der Waals surface area contributed by atoms with E-state index in [2.05, 4.69) is 44.6 Å². The van der Waals surface area contributed by atoms with E-state index >= 15 is 0 Å². The van der Waals surface area contributed by atoms with Crippen molar-refractivity contribution in [2.24, 2.45) is 5.73 Å². The SMILES string of the molecule is Cc1cc(Nc2nc(Nc3ccccc3S(=O)(=O)C(C)C)c3cc[nH]c3[nH+]2)c(OC(C)C)cc1C1CCN(CC(N)=O)CC1. The van der Waals surface area contributed by atoms with Gasteiger partial charge in [-0.1, -0.05) is 17.1 Å². The van der Waals surface area contributed by atoms with Crippen molar-refractivity contribution in [3.05, 3.63) is 59.8 Å². The Hall–Kier alpha value is -4.16. The van der Waals surface area contributed by atoms with Crippen LogP contribution in [0.25, 0.3) is 11.0 Å². The number of benzene rings is 2. The summed E-state index contributed by atoms with van der Waals surface area (Å²) in [5, 5.41) is 6.91. The number of aromatic nitrogens is 3. The second-order valence-corrected chi connectivity index (χ2v) is 14.4. The Bertz CT molecular complexity index is 1760. The van der Waals surface area contributed by atoms with Crippen molar-refractivity contribution < 1.29 is 22.9 Å². The Morgan fingerprint density at radius 1 is 1.11 bits per heavy atom. The number of carbonyl (C=O) groups excluding carboxylic acids is 1. The Balaban J connectivity index is 1.47. The zero-order chi connectivity index (χ0) is 31.6. The number of piperidine rings is 1. The predicted molar refractivity (Wildman–Crippen MR) is 173 cm³/mol. The number of ether oxygens (including phenoxy) is 1. The van der Waals surface area contributed by atoms with Gasteiger partial charge < -0.3 is 15.8 Å². The highest BCUT2D eigenvalue weighted by Crippen LogP contribution is 2.38. The lowest BCUT2D eigenvalue weighted by Crippen LogP contribution is -2.39. The van der Waals surface area contributed by atoms with E-state index in [-0.39, 0.29) is 16.9 Å². The molecule has 0 bridgehead atoms. The molecule has 11 nitrogen and oxygen atoms in total. The molecule has 0 saturated carbocycles. The summed E-state index contributed by atoms with van der Waals surface area (Å²) in [7, 11) is -3.53. The zero-order valence-corrected chi connectivity index (χ0v) is 26.7. The Kier molecular flexibility index (Phi) is 9.12. The third kappa shape index (κ3) is 6.81. The maximum atomic E-state index is 13.1. The number of fused-ring (bicyclic) bond motifs is 1. The summed E-state index contributed by atoms with van der Waals surface area (Å²) in [6.07, 6.45) is 3.62. The summed E-state index contributed by atoms with van der Waals surface area (Å²) in [4.78, 5) is 25.1. The number of amides is 1. The van der Waals surface area contributed by atoms with Crippen molar-refractivity contribution in [3.8, 4) is 5.75 Å². The second-order valence-electron chi connectivity index (χ2n) is 11.9. The van der Waals surface area contributed by atoms with Crippen LogP contribution in [-0.2, 0) is 14.6 Å². The number of H-pyrrole nitrogens is 2. The fourth-order valence-electron chi connectivity index (χ4n) is 5.69. The molecule has 3 heterocycles. The molecule has 1 aliphatic rings. The Morgan fingerprint density at radius 3 is 2.52 bits per heavy atom. The van der Waals surface area contributed by atoms with E-state index in [9.17, 15) is 13.2 Å². The number of nitrogens with one attached hydrogen (secondary N) is 4. The summed E-state index contributed by atoms with van der Waals surface area (Å²) >= 11 is 0. The lowest BCUT2D eigenvalue weighted by atomic mass is 9.86. The first-order valence-corrected chi connectivity index (χ1v) is 16.6. The van der Waals surface area contributed by atoms with Crippen molar-refractivity contribution in [3.63, 3.8) is 0 Å². The molecule has 0 atom stereocenters. The average Bonchev–Trinajstić information content (AvgIpc) is 3.44. The first-order valence-electron chi connectivity index (χ1n) is 15.0. The number of nitrogens with zero attached hydrogens (tertiary/aromatic N) is 2. The predicted octanol–water partition coefficient (Wildman–Crippen LogP) is 4.81. The second kappa shape index (κ2) is 12.8. The van der Waals surface area contributed by atoms with Crippen LogP contribution in [0.5, 0.6) is 5.75 Å². The molecule has 6 N–H and O–H groups in total. The highest BCUT2D eigenvalue weighted by molar-refractivity contribution is 7.92. The van der Waals surface area contributed by atoms with E-state index in [1.165, 1.54) is 5.56 Å². The number of aryl methyl sites for hydroxylation is 1. The minimum absolute atomic E-state index is 0.0528. The number of aromatic amines is 2. The van der Waals surface area contributed by atoms with Crippen molar-refractivity contribution >= 4 is 49.9 Å². The fraction of sp³-hybridized carbons (Fsp3) is 0.406. The number of rotatable bonds is 11. The van der Waals surface area contributed by atoms with Crippen LogP contribution in [0.1, 0.15) is 57.6 Å². The van der Waals surface area contributed by atoms with Gasteiger partial charge >= 0.3 is 5.95 Å². The molecular formula is C32H42N7O4S+. The van der Waals surface area contributed by atoms with E-state index in [1.807, 2.05) is 19.9 Å². The van der Waals surface area contributed by atoms with E-state index in [1.54, 1.807) is 44.3 Å². The fourth-order valence-corrected chi connectivity index (χ4v) is 6.89. The van der Waals surface area contributed by atoms with Crippen LogP contribution in [0, 0.1) is 6.92 Å². The van der Waals surface area contributed by atoms with Crippen LogP contribution in [0.15, 0.2) is 53.6 Å². The lowest BCUT2D eigenvalue weighted by molar-refractivity contribution is -0.333. The number of sulfone groups is 1. The summed E-state index contributed by atoms with van der Waals surface area (Å²) in [6, 6.07) is 12.9. The summed E-state index contributed by atoms with van der Waals surface area (Å²) in [6.45, 7) is 11.4. The number of hydrogen-bond acceptors (Lipinski definition) is 8. The van der Waals surface area contributed by atoms with Gasteiger partial charge in [0.05, 0.1) is 33.9 Å². The standard InChI is InChI=1S/C32H41N7O4S/c1-19(2)43-27-17-24(22-11-14-39(15-12-22)18-29(33)40)21(5)16-26(27)36-32-37-30-23(10-13-34-30)31(38-32)35-25-8-6-7-9-28(25)44(41,42)20(3)4/h6-10,13,16-17,19-20,22H,11-12,14-15,18H2,1-5H3,(H2,33,40)(H3,34,35,36,37,38)/p+1. The molecule has 1 amide bonds. The molecule has 1 aliphatic heterocycles. The monoisotopic (exact) mass is 620 g/mol. The van der Waals surface area contributed by atoms with Gasteiger partial charge in [-0.15, -0.1) is 0 Å². The van der Waals surface area contributed by atoms with Crippen molar-refractivity contribution in [1.82, 2.24) is 14.9 Å². The number of likely N-dealkylation sites (tertiary alicyclic amines) is 1. The van der Waals surface area contributed by atoms with Crippen molar-refractivity contribution in [2.75, 3.05) is 30.3 Å². The molecular weight excluding hydrogens is 578 g/mol.